The first-order valence-corrected chi connectivity index (χ1v) is 12.4. The summed E-state index contributed by atoms with van der Waals surface area (Å²) in [5.74, 6) is -0.573. The van der Waals surface area contributed by atoms with E-state index in [2.05, 4.69) is 40.7 Å². The second-order valence-electron chi connectivity index (χ2n) is 12.9. The minimum Gasteiger partial charge on any atom is -0.508 e. The summed E-state index contributed by atoms with van der Waals surface area (Å²) in [7, 11) is 0. The van der Waals surface area contributed by atoms with Crippen molar-refractivity contribution in [2.75, 3.05) is 0 Å². The Kier molecular flexibility index (Phi) is 4.34. The molecule has 0 amide bonds. The van der Waals surface area contributed by atoms with Crippen molar-refractivity contribution < 1.29 is 19.8 Å². The van der Waals surface area contributed by atoms with Gasteiger partial charge in [-0.15, -0.1) is 0 Å². The fourth-order valence-corrected chi connectivity index (χ4v) is 8.92. The molecule has 6 atom stereocenters. The van der Waals surface area contributed by atoms with Crippen LogP contribution in [0.25, 0.3) is 0 Å². The van der Waals surface area contributed by atoms with Gasteiger partial charge in [-0.3, -0.25) is 9.59 Å². The lowest BCUT2D eigenvalue weighted by atomic mass is 9.41. The molecule has 2 N–H and O–H groups in total. The predicted molar refractivity (Wildman–Crippen MR) is 128 cm³/mol. The van der Waals surface area contributed by atoms with Crippen molar-refractivity contribution in [2.24, 2.45) is 27.6 Å². The molecule has 0 radical (unpaired) electrons. The average molecular weight is 451 g/mol. The molecule has 0 aliphatic heterocycles. The minimum absolute atomic E-state index is 0.0577. The maximum absolute atomic E-state index is 13.1. The highest BCUT2D eigenvalue weighted by Crippen LogP contribution is 2.77. The molecule has 3 saturated carbocycles. The quantitative estimate of drug-likeness (QED) is 0.404. The molecule has 0 bridgehead atoms. The Hall–Kier alpha value is -2.10. The first kappa shape index (κ1) is 22.7. The number of benzene rings is 1. The van der Waals surface area contributed by atoms with E-state index in [0.717, 1.165) is 31.2 Å². The van der Waals surface area contributed by atoms with E-state index in [0.29, 0.717) is 18.6 Å². The summed E-state index contributed by atoms with van der Waals surface area (Å²) in [6.45, 7) is 15.1. The van der Waals surface area contributed by atoms with E-state index < -0.39 is 11.4 Å². The Morgan fingerprint density at radius 1 is 1.06 bits per heavy atom. The SMILES string of the molecule is Cc1c(O)cc2c(c1C)CC=C1C2(C)CC2(C)C3CC(C)(C(=O)O)C(=O)CC3(C)CCC12C. The van der Waals surface area contributed by atoms with Crippen molar-refractivity contribution >= 4 is 11.8 Å². The van der Waals surface area contributed by atoms with Crippen molar-refractivity contribution in [3.05, 3.63) is 40.0 Å². The molecular formula is C29H38O4. The van der Waals surface area contributed by atoms with Crippen LogP contribution >= 0.6 is 0 Å². The van der Waals surface area contributed by atoms with Crippen LogP contribution in [0, 0.1) is 41.4 Å². The molecule has 1 aromatic rings. The smallest absolute Gasteiger partial charge is 0.316 e. The van der Waals surface area contributed by atoms with E-state index in [9.17, 15) is 19.8 Å². The Morgan fingerprint density at radius 3 is 2.36 bits per heavy atom. The molecule has 4 nitrogen and oxygen atoms in total. The van der Waals surface area contributed by atoms with Gasteiger partial charge in [0.1, 0.15) is 16.9 Å². The van der Waals surface area contributed by atoms with Crippen LogP contribution in [0.3, 0.4) is 0 Å². The number of carbonyl (C=O) groups is 2. The molecule has 6 unspecified atom stereocenters. The standard InChI is InChI=1S/C29H38O4/c1-16-17(2)20(30)12-19-18(16)8-9-21-27(19,5)15-29(7)22-13-26(4,24(32)33)23(31)14-25(22,3)10-11-28(21,29)6/h9,12,22,30H,8,10-11,13-15H2,1-7H3,(H,32,33). The van der Waals surface area contributed by atoms with Crippen LogP contribution in [-0.2, 0) is 21.4 Å². The van der Waals surface area contributed by atoms with Crippen molar-refractivity contribution in [1.82, 2.24) is 0 Å². The number of carboxylic acids is 1. The van der Waals surface area contributed by atoms with E-state index in [1.807, 2.05) is 13.0 Å². The molecule has 4 aliphatic carbocycles. The molecule has 3 fully saturated rings. The second kappa shape index (κ2) is 6.31. The van der Waals surface area contributed by atoms with Crippen molar-refractivity contribution in [3.8, 4) is 5.75 Å². The summed E-state index contributed by atoms with van der Waals surface area (Å²) in [5.41, 5.74) is 4.31. The van der Waals surface area contributed by atoms with Crippen LogP contribution in [-0.4, -0.2) is 22.0 Å². The number of fused-ring (bicyclic) bond motifs is 7. The summed E-state index contributed by atoms with van der Waals surface area (Å²) in [6.07, 6.45) is 6.98. The number of rotatable bonds is 1. The van der Waals surface area contributed by atoms with Gasteiger partial charge in [0, 0.05) is 11.8 Å². The predicted octanol–water partition coefficient (Wildman–Crippen LogP) is 6.04. The molecular weight excluding hydrogens is 412 g/mol. The topological polar surface area (TPSA) is 74.6 Å². The Morgan fingerprint density at radius 2 is 1.73 bits per heavy atom. The van der Waals surface area contributed by atoms with E-state index >= 15 is 0 Å². The first-order chi connectivity index (χ1) is 15.1. The lowest BCUT2D eigenvalue weighted by molar-refractivity contribution is -0.173. The van der Waals surface area contributed by atoms with Gasteiger partial charge in [-0.25, -0.2) is 0 Å². The molecule has 0 saturated heterocycles. The normalized spacial score (nSPS) is 43.8. The average Bonchev–Trinajstić information content (AvgIpc) is 2.92. The van der Waals surface area contributed by atoms with Gasteiger partial charge in [-0.05, 0) is 103 Å². The lowest BCUT2D eigenvalue weighted by Crippen LogP contribution is -2.59. The van der Waals surface area contributed by atoms with Crippen molar-refractivity contribution in [2.45, 2.75) is 92.4 Å². The van der Waals surface area contributed by atoms with Gasteiger partial charge in [-0.1, -0.05) is 39.3 Å². The number of carbonyl (C=O) groups excluding carboxylic acids is 1. The number of hydrogen-bond donors (Lipinski definition) is 2. The molecule has 33 heavy (non-hydrogen) atoms. The van der Waals surface area contributed by atoms with E-state index in [-0.39, 0.29) is 33.4 Å². The van der Waals surface area contributed by atoms with Gasteiger partial charge in [0.25, 0.3) is 0 Å². The highest BCUT2D eigenvalue weighted by molar-refractivity contribution is 6.03. The van der Waals surface area contributed by atoms with Crippen LogP contribution in [0.1, 0.15) is 89.0 Å². The fraction of sp³-hybridized carbons (Fsp3) is 0.655. The summed E-state index contributed by atoms with van der Waals surface area (Å²) < 4.78 is 0. The molecule has 1 aromatic carbocycles. The number of carboxylic acid groups (broad SMARTS) is 1. The summed E-state index contributed by atoms with van der Waals surface area (Å²) in [6, 6.07) is 2.00. The number of ketones is 1. The van der Waals surface area contributed by atoms with Gasteiger partial charge in [0.2, 0.25) is 0 Å². The molecule has 0 spiro atoms. The number of hydrogen-bond acceptors (Lipinski definition) is 3. The lowest BCUT2D eigenvalue weighted by Gasteiger charge is -2.62. The van der Waals surface area contributed by atoms with Gasteiger partial charge in [0.05, 0.1) is 0 Å². The number of Topliss-reactive ketones (excluding diaryl/α,β-unsaturated/α-hetero) is 1. The van der Waals surface area contributed by atoms with Gasteiger partial charge < -0.3 is 10.2 Å². The maximum Gasteiger partial charge on any atom is 0.316 e. The molecule has 4 heteroatoms. The zero-order valence-electron chi connectivity index (χ0n) is 21.2. The van der Waals surface area contributed by atoms with E-state index in [4.69, 9.17) is 0 Å². The Balaban J connectivity index is 1.69. The zero-order valence-corrected chi connectivity index (χ0v) is 21.2. The van der Waals surface area contributed by atoms with Crippen molar-refractivity contribution in [1.29, 1.82) is 0 Å². The zero-order chi connectivity index (χ0) is 24.4. The molecule has 0 aromatic heterocycles. The van der Waals surface area contributed by atoms with Crippen LogP contribution in [0.4, 0.5) is 0 Å². The van der Waals surface area contributed by atoms with Gasteiger partial charge >= 0.3 is 5.97 Å². The number of allylic oxidation sites excluding steroid dienone is 2. The Bertz CT molecular complexity index is 1150. The third-order valence-corrected chi connectivity index (χ3v) is 11.4. The van der Waals surface area contributed by atoms with Crippen molar-refractivity contribution in [3.63, 3.8) is 0 Å². The van der Waals surface area contributed by atoms with Gasteiger partial charge in [0.15, 0.2) is 0 Å². The maximum atomic E-state index is 13.1. The van der Waals surface area contributed by atoms with Gasteiger partial charge in [-0.2, -0.15) is 0 Å². The highest BCUT2D eigenvalue weighted by Gasteiger charge is 2.71. The minimum atomic E-state index is -1.31. The highest BCUT2D eigenvalue weighted by atomic mass is 16.4. The third kappa shape index (κ3) is 2.48. The number of aliphatic carboxylic acids is 1. The van der Waals surface area contributed by atoms with Crippen LogP contribution in [0.5, 0.6) is 5.75 Å². The first-order valence-electron chi connectivity index (χ1n) is 12.4. The molecule has 0 heterocycles. The fourth-order valence-electron chi connectivity index (χ4n) is 8.92. The molecule has 5 rings (SSSR count). The molecule has 178 valence electrons. The second-order valence-corrected chi connectivity index (χ2v) is 12.9. The summed E-state index contributed by atoms with van der Waals surface area (Å²) >= 11 is 0. The monoisotopic (exact) mass is 450 g/mol. The summed E-state index contributed by atoms with van der Waals surface area (Å²) in [5, 5.41) is 20.8. The largest absolute Gasteiger partial charge is 0.508 e. The summed E-state index contributed by atoms with van der Waals surface area (Å²) in [4.78, 5) is 25.3. The number of phenolic OH excluding ortho intramolecular Hbond substituents is 1. The number of phenols is 1. The van der Waals surface area contributed by atoms with E-state index in [1.54, 1.807) is 6.92 Å². The Labute approximate surface area is 197 Å². The van der Waals surface area contributed by atoms with E-state index in [1.165, 1.54) is 22.3 Å². The molecule has 4 aliphatic rings. The number of aromatic hydroxyl groups is 1. The van der Waals surface area contributed by atoms with Crippen LogP contribution in [0.15, 0.2) is 17.7 Å². The van der Waals surface area contributed by atoms with Crippen LogP contribution < -0.4 is 0 Å². The van der Waals surface area contributed by atoms with Crippen LogP contribution in [0.2, 0.25) is 0 Å². The third-order valence-electron chi connectivity index (χ3n) is 11.4.